The Hall–Kier alpha value is -2.03. The number of aryl methyl sites for hydroxylation is 1. The lowest BCUT2D eigenvalue weighted by atomic mass is 10.0. The molecule has 1 N–H and O–H groups in total. The molecule has 0 spiro atoms. The zero-order valence-electron chi connectivity index (χ0n) is 9.15. The number of carboxylic acid groups (broad SMARTS) is 1. The smallest absolute Gasteiger partial charge is 0.335 e. The van der Waals surface area contributed by atoms with Gasteiger partial charge in [0.25, 0.3) is 0 Å². The Labute approximate surface area is 93.3 Å². The molecule has 0 saturated heterocycles. The number of rotatable bonds is 2. The summed E-state index contributed by atoms with van der Waals surface area (Å²) in [5, 5.41) is 9.01. The van der Waals surface area contributed by atoms with Crippen LogP contribution in [0.4, 0.5) is 0 Å². The molecule has 2 rings (SSSR count). The van der Waals surface area contributed by atoms with Crippen molar-refractivity contribution < 1.29 is 14.3 Å². The highest BCUT2D eigenvalue weighted by Gasteiger charge is 2.12. The van der Waals surface area contributed by atoms with Crippen LogP contribution in [0.15, 0.2) is 34.7 Å². The molecule has 0 aliphatic rings. The van der Waals surface area contributed by atoms with E-state index >= 15 is 0 Å². The van der Waals surface area contributed by atoms with Crippen LogP contribution in [0.5, 0.6) is 0 Å². The maximum atomic E-state index is 11.0. The van der Waals surface area contributed by atoms with Gasteiger partial charge in [-0.15, -0.1) is 0 Å². The molecule has 0 bridgehead atoms. The van der Waals surface area contributed by atoms with E-state index < -0.39 is 5.97 Å². The van der Waals surface area contributed by atoms with Gasteiger partial charge in [0.1, 0.15) is 11.5 Å². The van der Waals surface area contributed by atoms with Gasteiger partial charge in [-0.3, -0.25) is 0 Å². The van der Waals surface area contributed by atoms with Crippen LogP contribution in [0.25, 0.3) is 11.3 Å². The quantitative estimate of drug-likeness (QED) is 0.838. The molecule has 0 amide bonds. The Morgan fingerprint density at radius 3 is 2.50 bits per heavy atom. The highest BCUT2D eigenvalue weighted by atomic mass is 16.4. The van der Waals surface area contributed by atoms with Crippen LogP contribution in [-0.4, -0.2) is 11.1 Å². The topological polar surface area (TPSA) is 50.4 Å². The van der Waals surface area contributed by atoms with Crippen molar-refractivity contribution in [2.24, 2.45) is 0 Å². The molecule has 1 heterocycles. The number of carboxylic acids is 1. The first-order valence-corrected chi connectivity index (χ1v) is 4.99. The summed E-state index contributed by atoms with van der Waals surface area (Å²) in [6.45, 7) is 3.65. The van der Waals surface area contributed by atoms with Crippen LogP contribution in [0.2, 0.25) is 0 Å². The SMILES string of the molecule is Cc1ccc(-c2cccc(C(=O)O)c2C)o1. The second-order valence-corrected chi connectivity index (χ2v) is 3.69. The lowest BCUT2D eigenvalue weighted by molar-refractivity contribution is 0.0696. The maximum absolute atomic E-state index is 11.0. The monoisotopic (exact) mass is 216 g/mol. The first-order chi connectivity index (χ1) is 7.59. The van der Waals surface area contributed by atoms with Crippen LogP contribution in [0.3, 0.4) is 0 Å². The predicted octanol–water partition coefficient (Wildman–Crippen LogP) is 3.26. The molecule has 0 atom stereocenters. The highest BCUT2D eigenvalue weighted by molar-refractivity contribution is 5.91. The Bertz CT molecular complexity index is 538. The molecule has 3 nitrogen and oxygen atoms in total. The largest absolute Gasteiger partial charge is 0.478 e. The average molecular weight is 216 g/mol. The Balaban J connectivity index is 2.58. The summed E-state index contributed by atoms with van der Waals surface area (Å²) in [6.07, 6.45) is 0. The first kappa shape index (κ1) is 10.5. The molecule has 82 valence electrons. The Morgan fingerprint density at radius 1 is 1.19 bits per heavy atom. The fourth-order valence-corrected chi connectivity index (χ4v) is 1.71. The number of benzene rings is 1. The highest BCUT2D eigenvalue weighted by Crippen LogP contribution is 2.27. The van der Waals surface area contributed by atoms with Crippen molar-refractivity contribution in [3.63, 3.8) is 0 Å². The molecule has 0 aliphatic carbocycles. The van der Waals surface area contributed by atoms with Crippen molar-refractivity contribution in [3.05, 3.63) is 47.2 Å². The number of hydrogen-bond acceptors (Lipinski definition) is 2. The molecular weight excluding hydrogens is 204 g/mol. The summed E-state index contributed by atoms with van der Waals surface area (Å²) in [7, 11) is 0. The van der Waals surface area contributed by atoms with E-state index in [-0.39, 0.29) is 0 Å². The Morgan fingerprint density at radius 2 is 1.94 bits per heavy atom. The molecule has 16 heavy (non-hydrogen) atoms. The van der Waals surface area contributed by atoms with Gasteiger partial charge in [0.05, 0.1) is 5.56 Å². The minimum atomic E-state index is -0.914. The van der Waals surface area contributed by atoms with Crippen molar-refractivity contribution in [3.8, 4) is 11.3 Å². The summed E-state index contributed by atoms with van der Waals surface area (Å²) in [5.74, 6) is 0.607. The van der Waals surface area contributed by atoms with Crippen LogP contribution in [0.1, 0.15) is 21.7 Å². The van der Waals surface area contributed by atoms with Gasteiger partial charge >= 0.3 is 5.97 Å². The third-order valence-electron chi connectivity index (χ3n) is 2.57. The van der Waals surface area contributed by atoms with Crippen molar-refractivity contribution in [1.82, 2.24) is 0 Å². The second-order valence-electron chi connectivity index (χ2n) is 3.69. The van der Waals surface area contributed by atoms with Crippen LogP contribution >= 0.6 is 0 Å². The predicted molar refractivity (Wildman–Crippen MR) is 60.6 cm³/mol. The van der Waals surface area contributed by atoms with E-state index in [0.717, 1.165) is 16.9 Å². The van der Waals surface area contributed by atoms with E-state index in [1.54, 1.807) is 19.1 Å². The van der Waals surface area contributed by atoms with E-state index in [2.05, 4.69) is 0 Å². The van der Waals surface area contributed by atoms with Crippen molar-refractivity contribution in [2.75, 3.05) is 0 Å². The summed E-state index contributed by atoms with van der Waals surface area (Å²) in [5.41, 5.74) is 1.86. The third-order valence-corrected chi connectivity index (χ3v) is 2.57. The second kappa shape index (κ2) is 3.85. The van der Waals surface area contributed by atoms with Gasteiger partial charge in [-0.25, -0.2) is 4.79 Å². The zero-order valence-corrected chi connectivity index (χ0v) is 9.15. The number of furan rings is 1. The molecule has 2 aromatic rings. The molecule has 0 radical (unpaired) electrons. The summed E-state index contributed by atoms with van der Waals surface area (Å²) >= 11 is 0. The standard InChI is InChI=1S/C13H12O3/c1-8-6-7-12(16-8)10-4-3-5-11(9(10)2)13(14)15/h3-7H,1-2H3,(H,14,15). The third kappa shape index (κ3) is 1.72. The summed E-state index contributed by atoms with van der Waals surface area (Å²) < 4.78 is 5.49. The summed E-state index contributed by atoms with van der Waals surface area (Å²) in [6, 6.07) is 8.90. The van der Waals surface area contributed by atoms with E-state index in [9.17, 15) is 4.79 Å². The van der Waals surface area contributed by atoms with Gasteiger partial charge in [0.2, 0.25) is 0 Å². The number of hydrogen-bond donors (Lipinski definition) is 1. The van der Waals surface area contributed by atoms with Gasteiger partial charge < -0.3 is 9.52 Å². The first-order valence-electron chi connectivity index (χ1n) is 4.99. The van der Waals surface area contributed by atoms with E-state index in [4.69, 9.17) is 9.52 Å². The molecule has 1 aromatic carbocycles. The van der Waals surface area contributed by atoms with Crippen LogP contribution in [-0.2, 0) is 0 Å². The van der Waals surface area contributed by atoms with Gasteiger partial charge in [-0.1, -0.05) is 12.1 Å². The Kier molecular flexibility index (Phi) is 2.52. The molecule has 0 aliphatic heterocycles. The number of carbonyl (C=O) groups is 1. The van der Waals surface area contributed by atoms with Crippen molar-refractivity contribution in [1.29, 1.82) is 0 Å². The van der Waals surface area contributed by atoms with Crippen LogP contribution in [0, 0.1) is 13.8 Å². The van der Waals surface area contributed by atoms with Gasteiger partial charge in [-0.05, 0) is 37.6 Å². The van der Waals surface area contributed by atoms with E-state index in [0.29, 0.717) is 11.3 Å². The molecule has 1 aromatic heterocycles. The van der Waals surface area contributed by atoms with Gasteiger partial charge in [0, 0.05) is 5.56 Å². The van der Waals surface area contributed by atoms with E-state index in [1.807, 2.05) is 25.1 Å². The van der Waals surface area contributed by atoms with Gasteiger partial charge in [-0.2, -0.15) is 0 Å². The fourth-order valence-electron chi connectivity index (χ4n) is 1.71. The van der Waals surface area contributed by atoms with E-state index in [1.165, 1.54) is 0 Å². The minimum absolute atomic E-state index is 0.312. The molecular formula is C13H12O3. The minimum Gasteiger partial charge on any atom is -0.478 e. The normalized spacial score (nSPS) is 10.4. The molecule has 3 heteroatoms. The zero-order chi connectivity index (χ0) is 11.7. The summed E-state index contributed by atoms with van der Waals surface area (Å²) in [4.78, 5) is 11.0. The average Bonchev–Trinajstić information content (AvgIpc) is 2.64. The van der Waals surface area contributed by atoms with Crippen molar-refractivity contribution >= 4 is 5.97 Å². The number of aromatic carboxylic acids is 1. The molecule has 0 unspecified atom stereocenters. The lowest BCUT2D eigenvalue weighted by Crippen LogP contribution is -2.00. The maximum Gasteiger partial charge on any atom is 0.335 e. The van der Waals surface area contributed by atoms with Gasteiger partial charge in [0.15, 0.2) is 0 Å². The molecule has 0 saturated carbocycles. The lowest BCUT2D eigenvalue weighted by Gasteiger charge is -2.05. The molecule has 0 fully saturated rings. The fraction of sp³-hybridized carbons (Fsp3) is 0.154. The van der Waals surface area contributed by atoms with Crippen LogP contribution < -0.4 is 0 Å². The van der Waals surface area contributed by atoms with Crippen molar-refractivity contribution in [2.45, 2.75) is 13.8 Å².